The molecule has 0 radical (unpaired) electrons. The Labute approximate surface area is 138 Å². The van der Waals surface area contributed by atoms with Gasteiger partial charge < -0.3 is 14.8 Å². The molecule has 8 nitrogen and oxygen atoms in total. The Morgan fingerprint density at radius 2 is 1.75 bits per heavy atom. The highest BCUT2D eigenvalue weighted by Gasteiger charge is 2.18. The first-order chi connectivity index (χ1) is 11.4. The van der Waals surface area contributed by atoms with Gasteiger partial charge in [-0.2, -0.15) is 0 Å². The molecule has 0 aliphatic rings. The molecule has 1 aromatic rings. The van der Waals surface area contributed by atoms with E-state index in [0.29, 0.717) is 11.1 Å². The quantitative estimate of drug-likeness (QED) is 0.611. The first-order valence-corrected chi connectivity index (χ1v) is 6.97. The Morgan fingerprint density at radius 1 is 1.12 bits per heavy atom. The number of amides is 3. The predicted octanol–water partition coefficient (Wildman–Crippen LogP) is 0.874. The summed E-state index contributed by atoms with van der Waals surface area (Å²) >= 11 is 0. The van der Waals surface area contributed by atoms with E-state index in [4.69, 9.17) is 4.74 Å². The van der Waals surface area contributed by atoms with Crippen molar-refractivity contribution < 1.29 is 28.7 Å². The highest BCUT2D eigenvalue weighted by molar-refractivity contribution is 5.98. The minimum atomic E-state index is -1.12. The summed E-state index contributed by atoms with van der Waals surface area (Å²) in [7, 11) is 2.64. The van der Waals surface area contributed by atoms with Crippen LogP contribution in [0.15, 0.2) is 30.3 Å². The van der Waals surface area contributed by atoms with Gasteiger partial charge in [0, 0.05) is 13.1 Å². The van der Waals surface area contributed by atoms with Crippen LogP contribution in [0, 0.1) is 0 Å². The standard InChI is InChI=1S/C16H18N2O6/c1-10(14(20)18-16(22)17-2)24-13(19)9-6-11-4-7-12(8-5-11)15(21)23-3/h4-10H,1-3H3,(H2,17,18,20,22)/b9-6+/t10-/m0/s1. The fraction of sp³-hybridized carbons (Fsp3) is 0.250. The zero-order chi connectivity index (χ0) is 18.1. The van der Waals surface area contributed by atoms with Crippen LogP contribution in [0.1, 0.15) is 22.8 Å². The molecule has 2 N–H and O–H groups in total. The van der Waals surface area contributed by atoms with Crippen LogP contribution in [0.4, 0.5) is 4.79 Å². The van der Waals surface area contributed by atoms with Gasteiger partial charge in [-0.05, 0) is 30.7 Å². The van der Waals surface area contributed by atoms with E-state index in [-0.39, 0.29) is 0 Å². The molecule has 0 fully saturated rings. The SMILES string of the molecule is CNC(=O)NC(=O)[C@H](C)OC(=O)/C=C/c1ccc(C(=O)OC)cc1. The topological polar surface area (TPSA) is 111 Å². The Morgan fingerprint density at radius 3 is 2.29 bits per heavy atom. The molecule has 0 aliphatic heterocycles. The molecular formula is C16H18N2O6. The van der Waals surface area contributed by atoms with Crippen molar-refractivity contribution in [3.63, 3.8) is 0 Å². The molecule has 0 spiro atoms. The van der Waals surface area contributed by atoms with Crippen molar-refractivity contribution in [3.8, 4) is 0 Å². The van der Waals surface area contributed by atoms with E-state index in [1.54, 1.807) is 24.3 Å². The Balaban J connectivity index is 2.57. The molecule has 3 amide bonds. The van der Waals surface area contributed by atoms with Gasteiger partial charge in [0.2, 0.25) is 0 Å². The van der Waals surface area contributed by atoms with Crippen molar-refractivity contribution in [1.29, 1.82) is 0 Å². The highest BCUT2D eigenvalue weighted by Crippen LogP contribution is 2.07. The molecule has 0 heterocycles. The summed E-state index contributed by atoms with van der Waals surface area (Å²) in [5.74, 6) is -1.94. The van der Waals surface area contributed by atoms with Gasteiger partial charge in [0.05, 0.1) is 12.7 Å². The Kier molecular flexibility index (Phi) is 7.15. The van der Waals surface area contributed by atoms with Gasteiger partial charge in [-0.3, -0.25) is 10.1 Å². The lowest BCUT2D eigenvalue weighted by molar-refractivity contribution is -0.149. The van der Waals surface area contributed by atoms with Crippen molar-refractivity contribution >= 4 is 30.0 Å². The number of imide groups is 1. The van der Waals surface area contributed by atoms with E-state index >= 15 is 0 Å². The van der Waals surface area contributed by atoms with Crippen LogP contribution in [0.3, 0.4) is 0 Å². The summed E-state index contributed by atoms with van der Waals surface area (Å²) in [5, 5.41) is 4.21. The zero-order valence-corrected chi connectivity index (χ0v) is 13.5. The zero-order valence-electron chi connectivity index (χ0n) is 13.5. The van der Waals surface area contributed by atoms with E-state index in [9.17, 15) is 19.2 Å². The lowest BCUT2D eigenvalue weighted by Gasteiger charge is -2.11. The van der Waals surface area contributed by atoms with Gasteiger partial charge in [0.25, 0.3) is 5.91 Å². The van der Waals surface area contributed by atoms with Gasteiger partial charge in [0.1, 0.15) is 0 Å². The maximum Gasteiger partial charge on any atom is 0.337 e. The van der Waals surface area contributed by atoms with E-state index < -0.39 is 30.0 Å². The van der Waals surface area contributed by atoms with Crippen LogP contribution in [-0.2, 0) is 19.1 Å². The third-order valence-electron chi connectivity index (χ3n) is 2.87. The van der Waals surface area contributed by atoms with Gasteiger partial charge in [-0.1, -0.05) is 12.1 Å². The van der Waals surface area contributed by atoms with Crippen LogP contribution in [-0.4, -0.2) is 44.1 Å². The number of ether oxygens (including phenoxy) is 2. The van der Waals surface area contributed by atoms with Crippen molar-refractivity contribution in [2.45, 2.75) is 13.0 Å². The van der Waals surface area contributed by atoms with Crippen molar-refractivity contribution in [2.24, 2.45) is 0 Å². The maximum atomic E-state index is 11.6. The van der Waals surface area contributed by atoms with E-state index in [2.05, 4.69) is 10.1 Å². The minimum absolute atomic E-state index is 0.386. The Hall–Kier alpha value is -3.16. The molecule has 128 valence electrons. The van der Waals surface area contributed by atoms with E-state index in [1.165, 1.54) is 27.2 Å². The average Bonchev–Trinajstić information content (AvgIpc) is 2.59. The van der Waals surface area contributed by atoms with Gasteiger partial charge in [0.15, 0.2) is 6.10 Å². The second kappa shape index (κ2) is 9.09. The molecule has 0 aliphatic carbocycles. The number of carbonyl (C=O) groups is 4. The number of esters is 2. The van der Waals surface area contributed by atoms with Gasteiger partial charge in [-0.25, -0.2) is 14.4 Å². The van der Waals surface area contributed by atoms with E-state index in [1.807, 2.05) is 5.32 Å². The van der Waals surface area contributed by atoms with Gasteiger partial charge in [-0.15, -0.1) is 0 Å². The second-order valence-electron chi connectivity index (χ2n) is 4.59. The number of nitrogens with one attached hydrogen (secondary N) is 2. The molecule has 0 aromatic heterocycles. The number of hydrogen-bond donors (Lipinski definition) is 2. The lowest BCUT2D eigenvalue weighted by atomic mass is 10.1. The summed E-state index contributed by atoms with van der Waals surface area (Å²) in [6.07, 6.45) is 1.48. The lowest BCUT2D eigenvalue weighted by Crippen LogP contribution is -2.43. The molecule has 0 unspecified atom stereocenters. The van der Waals surface area contributed by atoms with Crippen LogP contribution < -0.4 is 10.6 Å². The number of benzene rings is 1. The molecule has 0 saturated carbocycles. The van der Waals surface area contributed by atoms with Gasteiger partial charge >= 0.3 is 18.0 Å². The van der Waals surface area contributed by atoms with Crippen molar-refractivity contribution in [1.82, 2.24) is 10.6 Å². The van der Waals surface area contributed by atoms with Crippen LogP contribution >= 0.6 is 0 Å². The summed E-state index contributed by atoms with van der Waals surface area (Å²) in [6.45, 7) is 1.34. The van der Waals surface area contributed by atoms with Crippen LogP contribution in [0.25, 0.3) is 6.08 Å². The fourth-order valence-corrected chi connectivity index (χ4v) is 1.56. The number of urea groups is 1. The summed E-state index contributed by atoms with van der Waals surface area (Å²) in [4.78, 5) is 45.5. The fourth-order valence-electron chi connectivity index (χ4n) is 1.56. The summed E-state index contributed by atoms with van der Waals surface area (Å²) in [6, 6.07) is 5.66. The summed E-state index contributed by atoms with van der Waals surface area (Å²) in [5.41, 5.74) is 1.04. The Bertz CT molecular complexity index is 651. The van der Waals surface area contributed by atoms with Crippen LogP contribution in [0.5, 0.6) is 0 Å². The number of methoxy groups -OCH3 is 1. The average molecular weight is 334 g/mol. The predicted molar refractivity (Wildman–Crippen MR) is 85.0 cm³/mol. The molecule has 1 aromatic carbocycles. The summed E-state index contributed by atoms with van der Waals surface area (Å²) < 4.78 is 9.45. The third-order valence-corrected chi connectivity index (χ3v) is 2.87. The molecule has 1 rings (SSSR count). The smallest absolute Gasteiger partial charge is 0.337 e. The third kappa shape index (κ3) is 5.91. The number of rotatable bonds is 5. The highest BCUT2D eigenvalue weighted by atomic mass is 16.5. The minimum Gasteiger partial charge on any atom is -0.465 e. The van der Waals surface area contributed by atoms with Crippen molar-refractivity contribution in [2.75, 3.05) is 14.2 Å². The van der Waals surface area contributed by atoms with Crippen molar-refractivity contribution in [3.05, 3.63) is 41.5 Å². The van der Waals surface area contributed by atoms with E-state index in [0.717, 1.165) is 6.08 Å². The molecule has 0 saturated heterocycles. The molecule has 1 atom stereocenters. The largest absolute Gasteiger partial charge is 0.465 e. The monoisotopic (exact) mass is 334 g/mol. The number of hydrogen-bond acceptors (Lipinski definition) is 6. The maximum absolute atomic E-state index is 11.6. The normalized spacial score (nSPS) is 11.5. The van der Waals surface area contributed by atoms with Crippen LogP contribution in [0.2, 0.25) is 0 Å². The molecule has 0 bridgehead atoms. The second-order valence-corrected chi connectivity index (χ2v) is 4.59. The molecule has 24 heavy (non-hydrogen) atoms. The number of carbonyl (C=O) groups excluding carboxylic acids is 4. The first-order valence-electron chi connectivity index (χ1n) is 6.97. The first kappa shape index (κ1) is 18.9. The molecular weight excluding hydrogens is 316 g/mol. The molecule has 8 heteroatoms.